The molecule has 0 saturated carbocycles. The topological polar surface area (TPSA) is 103 Å². The summed E-state index contributed by atoms with van der Waals surface area (Å²) in [4.78, 5) is 40.3. The van der Waals surface area contributed by atoms with Gasteiger partial charge in [-0.2, -0.15) is 0 Å². The second-order valence-corrected chi connectivity index (χ2v) is 5.83. The standard InChI is InChI=1S/C19H17N3O5/c1-12-8-15(23)16(10-26-12)27-11-17(24)21-14-5-3-4-13(9-14)18(25)19-20-6-7-22(19)2/h3-10H,11H2,1-2H3,(H,21,24). The van der Waals surface area contributed by atoms with E-state index in [1.807, 2.05) is 0 Å². The molecule has 2 aromatic heterocycles. The van der Waals surface area contributed by atoms with Crippen LogP contribution in [0.15, 0.2) is 58.2 Å². The van der Waals surface area contributed by atoms with Gasteiger partial charge in [-0.15, -0.1) is 0 Å². The average Bonchev–Trinajstić information content (AvgIpc) is 3.06. The zero-order valence-electron chi connectivity index (χ0n) is 14.8. The van der Waals surface area contributed by atoms with Gasteiger partial charge in [0.2, 0.25) is 17.0 Å². The molecular weight excluding hydrogens is 350 g/mol. The Morgan fingerprint density at radius 2 is 2.11 bits per heavy atom. The van der Waals surface area contributed by atoms with Gasteiger partial charge in [-0.1, -0.05) is 12.1 Å². The van der Waals surface area contributed by atoms with Crippen LogP contribution in [0.3, 0.4) is 0 Å². The highest BCUT2D eigenvalue weighted by atomic mass is 16.5. The van der Waals surface area contributed by atoms with E-state index in [2.05, 4.69) is 10.3 Å². The summed E-state index contributed by atoms with van der Waals surface area (Å²) in [5, 5.41) is 2.62. The van der Waals surface area contributed by atoms with Crippen molar-refractivity contribution < 1.29 is 18.7 Å². The summed E-state index contributed by atoms with van der Waals surface area (Å²) in [6.45, 7) is 1.27. The first-order valence-corrected chi connectivity index (χ1v) is 8.08. The van der Waals surface area contributed by atoms with Crippen molar-refractivity contribution in [3.05, 3.63) is 76.4 Å². The fraction of sp³-hybridized carbons (Fsp3) is 0.158. The summed E-state index contributed by atoms with van der Waals surface area (Å²) in [6, 6.07) is 7.77. The molecule has 0 unspecified atom stereocenters. The summed E-state index contributed by atoms with van der Waals surface area (Å²) >= 11 is 0. The smallest absolute Gasteiger partial charge is 0.262 e. The monoisotopic (exact) mass is 367 g/mol. The summed E-state index contributed by atoms with van der Waals surface area (Å²) < 4.78 is 11.9. The largest absolute Gasteiger partial charge is 0.477 e. The van der Waals surface area contributed by atoms with Gasteiger partial charge in [-0.3, -0.25) is 14.4 Å². The first kappa shape index (κ1) is 18.1. The summed E-state index contributed by atoms with van der Waals surface area (Å²) in [5.74, 6) is -0.0305. The van der Waals surface area contributed by atoms with E-state index in [0.717, 1.165) is 6.26 Å². The zero-order chi connectivity index (χ0) is 19.4. The number of rotatable bonds is 6. The Morgan fingerprint density at radius 1 is 1.30 bits per heavy atom. The van der Waals surface area contributed by atoms with Crippen LogP contribution in [-0.2, 0) is 11.8 Å². The van der Waals surface area contributed by atoms with E-state index in [1.165, 1.54) is 12.3 Å². The van der Waals surface area contributed by atoms with Crippen LogP contribution in [-0.4, -0.2) is 27.8 Å². The minimum absolute atomic E-state index is 0.0468. The van der Waals surface area contributed by atoms with Gasteiger partial charge in [0.15, 0.2) is 12.4 Å². The third kappa shape index (κ3) is 4.30. The molecule has 1 N–H and O–H groups in total. The summed E-state index contributed by atoms with van der Waals surface area (Å²) in [5.41, 5.74) is 0.455. The van der Waals surface area contributed by atoms with Gasteiger partial charge in [-0.05, 0) is 19.1 Å². The highest BCUT2D eigenvalue weighted by Crippen LogP contribution is 2.14. The number of anilines is 1. The number of ether oxygens (including phenoxy) is 1. The van der Waals surface area contributed by atoms with Crippen molar-refractivity contribution in [2.45, 2.75) is 6.92 Å². The number of amides is 1. The summed E-state index contributed by atoms with van der Waals surface area (Å²) in [7, 11) is 1.73. The van der Waals surface area contributed by atoms with E-state index in [4.69, 9.17) is 9.15 Å². The van der Waals surface area contributed by atoms with Crippen LogP contribution in [0.5, 0.6) is 5.75 Å². The average molecular weight is 367 g/mol. The molecule has 2 heterocycles. The molecule has 0 fully saturated rings. The quantitative estimate of drug-likeness (QED) is 0.668. The molecule has 0 aliphatic heterocycles. The van der Waals surface area contributed by atoms with E-state index < -0.39 is 5.91 Å². The SMILES string of the molecule is Cc1cc(=O)c(OCC(=O)Nc2cccc(C(=O)c3nccn3C)c2)co1. The number of aromatic nitrogens is 2. The number of hydrogen-bond acceptors (Lipinski definition) is 6. The minimum Gasteiger partial charge on any atom is -0.477 e. The van der Waals surface area contributed by atoms with Crippen LogP contribution in [0.25, 0.3) is 0 Å². The number of carbonyl (C=O) groups is 2. The number of aryl methyl sites for hydroxylation is 2. The van der Waals surface area contributed by atoms with Crippen LogP contribution in [0, 0.1) is 6.92 Å². The molecular formula is C19H17N3O5. The van der Waals surface area contributed by atoms with Gasteiger partial charge in [0.1, 0.15) is 12.0 Å². The second-order valence-electron chi connectivity index (χ2n) is 5.83. The van der Waals surface area contributed by atoms with Gasteiger partial charge >= 0.3 is 0 Å². The Kier molecular flexibility index (Phi) is 5.16. The number of nitrogens with one attached hydrogen (secondary N) is 1. The van der Waals surface area contributed by atoms with Crippen LogP contribution in [0.2, 0.25) is 0 Å². The van der Waals surface area contributed by atoms with E-state index in [-0.39, 0.29) is 23.6 Å². The number of benzene rings is 1. The number of imidazole rings is 1. The van der Waals surface area contributed by atoms with Crippen LogP contribution >= 0.6 is 0 Å². The highest BCUT2D eigenvalue weighted by Gasteiger charge is 2.14. The molecule has 0 radical (unpaired) electrons. The van der Waals surface area contributed by atoms with Crippen molar-refractivity contribution >= 4 is 17.4 Å². The van der Waals surface area contributed by atoms with E-state index in [0.29, 0.717) is 22.8 Å². The third-order valence-electron chi connectivity index (χ3n) is 3.72. The summed E-state index contributed by atoms with van der Waals surface area (Å²) in [6.07, 6.45) is 4.38. The first-order chi connectivity index (χ1) is 12.9. The van der Waals surface area contributed by atoms with E-state index >= 15 is 0 Å². The fourth-order valence-corrected chi connectivity index (χ4v) is 2.39. The molecule has 0 aliphatic rings. The molecule has 0 bridgehead atoms. The van der Waals surface area contributed by atoms with Crippen molar-refractivity contribution in [2.75, 3.05) is 11.9 Å². The minimum atomic E-state index is -0.475. The zero-order valence-corrected chi connectivity index (χ0v) is 14.8. The first-order valence-electron chi connectivity index (χ1n) is 8.08. The van der Waals surface area contributed by atoms with Gasteiger partial charge in [0.25, 0.3) is 5.91 Å². The van der Waals surface area contributed by atoms with Crippen molar-refractivity contribution in [3.8, 4) is 5.75 Å². The fourth-order valence-electron chi connectivity index (χ4n) is 2.39. The number of ketones is 1. The molecule has 1 amide bonds. The number of nitrogens with zero attached hydrogens (tertiary/aromatic N) is 2. The predicted molar refractivity (Wildman–Crippen MR) is 96.9 cm³/mol. The van der Waals surface area contributed by atoms with Crippen LogP contribution in [0.4, 0.5) is 5.69 Å². The van der Waals surface area contributed by atoms with E-state index in [1.54, 1.807) is 49.0 Å². The Hall–Kier alpha value is -3.68. The maximum atomic E-state index is 12.5. The van der Waals surface area contributed by atoms with Gasteiger partial charge in [-0.25, -0.2) is 4.98 Å². The second kappa shape index (κ2) is 7.69. The highest BCUT2D eigenvalue weighted by molar-refractivity contribution is 6.07. The molecule has 3 aromatic rings. The Balaban J connectivity index is 1.65. The molecule has 8 nitrogen and oxygen atoms in total. The maximum Gasteiger partial charge on any atom is 0.262 e. The van der Waals surface area contributed by atoms with Gasteiger partial charge < -0.3 is 19.0 Å². The van der Waals surface area contributed by atoms with E-state index in [9.17, 15) is 14.4 Å². The molecule has 1 aromatic carbocycles. The van der Waals surface area contributed by atoms with Crippen molar-refractivity contribution in [1.29, 1.82) is 0 Å². The molecule has 0 atom stereocenters. The van der Waals surface area contributed by atoms with Gasteiger partial charge in [0, 0.05) is 36.8 Å². The Labute approximate surface area is 154 Å². The molecule has 0 spiro atoms. The lowest BCUT2D eigenvalue weighted by Crippen LogP contribution is -2.22. The predicted octanol–water partition coefficient (Wildman–Crippen LogP) is 1.93. The molecule has 8 heteroatoms. The van der Waals surface area contributed by atoms with Crippen molar-refractivity contribution in [2.24, 2.45) is 7.05 Å². The Bertz CT molecular complexity index is 1050. The Morgan fingerprint density at radius 3 is 2.81 bits per heavy atom. The third-order valence-corrected chi connectivity index (χ3v) is 3.72. The normalized spacial score (nSPS) is 10.4. The molecule has 0 saturated heterocycles. The van der Waals surface area contributed by atoms with Crippen LogP contribution in [0.1, 0.15) is 21.9 Å². The van der Waals surface area contributed by atoms with Gasteiger partial charge in [0.05, 0.1) is 0 Å². The number of hydrogen-bond donors (Lipinski definition) is 1. The van der Waals surface area contributed by atoms with Crippen LogP contribution < -0.4 is 15.5 Å². The van der Waals surface area contributed by atoms with Crippen molar-refractivity contribution in [1.82, 2.24) is 9.55 Å². The van der Waals surface area contributed by atoms with Crippen molar-refractivity contribution in [3.63, 3.8) is 0 Å². The maximum absolute atomic E-state index is 12.5. The molecule has 0 aliphatic carbocycles. The lowest BCUT2D eigenvalue weighted by molar-refractivity contribution is -0.118. The molecule has 3 rings (SSSR count). The number of carbonyl (C=O) groups excluding carboxylic acids is 2. The lowest BCUT2D eigenvalue weighted by Gasteiger charge is -2.08. The molecule has 138 valence electrons. The lowest BCUT2D eigenvalue weighted by atomic mass is 10.1. The molecule has 27 heavy (non-hydrogen) atoms.